The molecule has 1 heterocycles. The Hall–Kier alpha value is -4.54. The minimum absolute atomic E-state index is 0.0461. The number of carboxylic acids is 1. The number of aromatic nitrogens is 1. The van der Waals surface area contributed by atoms with Gasteiger partial charge < -0.3 is 15.0 Å². The van der Waals surface area contributed by atoms with Crippen LogP contribution in [0.4, 0.5) is 26.3 Å². The van der Waals surface area contributed by atoms with Crippen molar-refractivity contribution < 1.29 is 36.2 Å². The molecule has 4 aromatic rings. The molecule has 5 nitrogen and oxygen atoms in total. The maximum Gasteiger partial charge on any atom is 0.417 e. The number of fused-ring (bicyclic) bond motifs is 1. The first kappa shape index (κ1) is 47.5. The summed E-state index contributed by atoms with van der Waals surface area (Å²) in [5, 5.41) is 10.7. The molecule has 0 aliphatic carbocycles. The quantitative estimate of drug-likeness (QED) is 0.141. The summed E-state index contributed by atoms with van der Waals surface area (Å²) in [4.78, 5) is 23.0. The van der Waals surface area contributed by atoms with E-state index in [1.807, 2.05) is 32.9 Å². The zero-order valence-corrected chi connectivity index (χ0v) is 32.8. The van der Waals surface area contributed by atoms with Crippen LogP contribution in [-0.2, 0) is 30.9 Å². The van der Waals surface area contributed by atoms with Crippen LogP contribution in [-0.4, -0.2) is 28.4 Å². The van der Waals surface area contributed by atoms with E-state index in [0.717, 1.165) is 36.1 Å². The van der Waals surface area contributed by atoms with Crippen LogP contribution in [0.2, 0.25) is 0 Å². The number of aryl methyl sites for hydroxylation is 3. The molecule has 3 aromatic carbocycles. The standard InChI is InChI=1S/C21H20F3NO.C10H9F2NO2.C8H17F.C4H10/c1-4-14-8-9-18-16(11-14)19(21(22,23)24)17(20(26)25(18)3)12-15-7-5-6-13(2)10-15;1-6(13-5-9(14)15)10-7(11)3-2-4-8(10)12;1-4-7(3)6-8(9)5-2;1-3-4-2/h5-11H,4,12H2,1-3H3;2-4,13H,1,5H2,(H,14,15);7-8H,4-6H2,1-3H3;3-4H2,1-2H3. The minimum atomic E-state index is -4.60. The summed E-state index contributed by atoms with van der Waals surface area (Å²) in [6, 6.07) is 15.5. The van der Waals surface area contributed by atoms with E-state index in [-0.39, 0.29) is 28.6 Å². The summed E-state index contributed by atoms with van der Waals surface area (Å²) in [5.41, 5.74) is 0.706. The van der Waals surface area contributed by atoms with Crippen molar-refractivity contribution in [3.8, 4) is 0 Å². The van der Waals surface area contributed by atoms with Gasteiger partial charge in [0.05, 0.1) is 16.6 Å². The van der Waals surface area contributed by atoms with Gasteiger partial charge in [0, 0.05) is 30.1 Å². The Balaban J connectivity index is 0.000000438. The van der Waals surface area contributed by atoms with Crippen LogP contribution in [0.15, 0.2) is 72.0 Å². The molecule has 0 saturated heterocycles. The Kier molecular flexibility index (Phi) is 20.5. The predicted octanol–water partition coefficient (Wildman–Crippen LogP) is 11.6. The number of carboxylic acid groups (broad SMARTS) is 1. The van der Waals surface area contributed by atoms with Crippen molar-refractivity contribution in [1.29, 1.82) is 0 Å². The molecule has 0 aliphatic rings. The van der Waals surface area contributed by atoms with Crippen LogP contribution in [0.3, 0.4) is 0 Å². The fourth-order valence-electron chi connectivity index (χ4n) is 5.22. The van der Waals surface area contributed by atoms with Crippen molar-refractivity contribution in [2.45, 2.75) is 106 Å². The van der Waals surface area contributed by atoms with Crippen molar-refractivity contribution in [3.05, 3.63) is 123 Å². The van der Waals surface area contributed by atoms with Gasteiger partial charge in [-0.3, -0.25) is 9.59 Å². The summed E-state index contributed by atoms with van der Waals surface area (Å²) in [5.74, 6) is -2.14. The first-order valence-corrected chi connectivity index (χ1v) is 18.4. The predicted molar refractivity (Wildman–Crippen MR) is 208 cm³/mol. The van der Waals surface area contributed by atoms with E-state index in [4.69, 9.17) is 5.11 Å². The molecule has 0 bridgehead atoms. The van der Waals surface area contributed by atoms with Crippen molar-refractivity contribution in [3.63, 3.8) is 0 Å². The van der Waals surface area contributed by atoms with E-state index in [1.165, 1.54) is 30.5 Å². The monoisotopic (exact) mass is 762 g/mol. The first-order valence-electron chi connectivity index (χ1n) is 18.4. The zero-order chi connectivity index (χ0) is 41.2. The Morgan fingerprint density at radius 1 is 0.907 bits per heavy atom. The van der Waals surface area contributed by atoms with E-state index < -0.39 is 47.6 Å². The van der Waals surface area contributed by atoms with Gasteiger partial charge >= 0.3 is 12.1 Å². The zero-order valence-electron chi connectivity index (χ0n) is 32.8. The second-order valence-corrected chi connectivity index (χ2v) is 13.2. The first-order chi connectivity index (χ1) is 25.4. The van der Waals surface area contributed by atoms with Gasteiger partial charge in [-0.25, -0.2) is 13.2 Å². The van der Waals surface area contributed by atoms with E-state index in [0.29, 0.717) is 29.8 Å². The van der Waals surface area contributed by atoms with Crippen molar-refractivity contribution in [1.82, 2.24) is 9.88 Å². The largest absolute Gasteiger partial charge is 0.480 e. The molecule has 54 heavy (non-hydrogen) atoms. The second kappa shape index (κ2) is 23.3. The number of nitrogens with zero attached hydrogens (tertiary/aromatic N) is 1. The highest BCUT2D eigenvalue weighted by Gasteiger charge is 2.37. The van der Waals surface area contributed by atoms with Gasteiger partial charge in [-0.1, -0.05) is 109 Å². The summed E-state index contributed by atoms with van der Waals surface area (Å²) in [6.45, 7) is 17.2. The molecule has 2 N–H and O–H groups in total. The lowest BCUT2D eigenvalue weighted by atomic mass is 9.95. The Morgan fingerprint density at radius 2 is 1.50 bits per heavy atom. The van der Waals surface area contributed by atoms with E-state index >= 15 is 0 Å². The maximum absolute atomic E-state index is 14.0. The lowest BCUT2D eigenvalue weighted by Gasteiger charge is -2.18. The van der Waals surface area contributed by atoms with E-state index in [1.54, 1.807) is 30.3 Å². The topological polar surface area (TPSA) is 71.3 Å². The number of nitrogens with one attached hydrogen (secondary N) is 1. The minimum Gasteiger partial charge on any atom is -0.480 e. The van der Waals surface area contributed by atoms with E-state index in [2.05, 4.69) is 39.6 Å². The Bertz CT molecular complexity index is 1820. The number of unbranched alkanes of at least 4 members (excludes halogenated alkanes) is 1. The third-order valence-electron chi connectivity index (χ3n) is 8.73. The third-order valence-corrected chi connectivity index (χ3v) is 8.73. The molecule has 0 saturated carbocycles. The maximum atomic E-state index is 14.0. The third kappa shape index (κ3) is 15.1. The normalized spacial score (nSPS) is 11.9. The van der Waals surface area contributed by atoms with Crippen molar-refractivity contribution in [2.75, 3.05) is 6.54 Å². The summed E-state index contributed by atoms with van der Waals surface area (Å²) in [6.07, 6.45) is 0.563. The molecule has 0 radical (unpaired) electrons. The molecule has 0 fully saturated rings. The number of halogens is 6. The number of pyridine rings is 1. The van der Waals surface area contributed by atoms with Gasteiger partial charge in [-0.05, 0) is 67.5 Å². The number of hydrogen-bond acceptors (Lipinski definition) is 3. The number of benzene rings is 3. The molecule has 0 amide bonds. The lowest BCUT2D eigenvalue weighted by molar-refractivity contribution is -0.137. The van der Waals surface area contributed by atoms with E-state index in [9.17, 15) is 35.9 Å². The van der Waals surface area contributed by atoms with Gasteiger partial charge in [0.1, 0.15) is 24.4 Å². The lowest BCUT2D eigenvalue weighted by Crippen LogP contribution is -2.27. The van der Waals surface area contributed by atoms with Gasteiger partial charge in [-0.15, -0.1) is 0 Å². The molecule has 1 aromatic heterocycles. The average molecular weight is 763 g/mol. The Morgan fingerprint density at radius 3 is 1.98 bits per heavy atom. The molecular formula is C43H56F6N2O3. The van der Waals surface area contributed by atoms with Gasteiger partial charge in [0.25, 0.3) is 5.56 Å². The number of aliphatic carboxylic acids is 1. The summed E-state index contributed by atoms with van der Waals surface area (Å²) in [7, 11) is 1.52. The number of carbonyl (C=O) groups is 1. The van der Waals surface area contributed by atoms with Crippen LogP contribution < -0.4 is 10.9 Å². The fourth-order valence-corrected chi connectivity index (χ4v) is 5.22. The van der Waals surface area contributed by atoms with Gasteiger partial charge in [0.15, 0.2) is 0 Å². The second-order valence-electron chi connectivity index (χ2n) is 13.2. The van der Waals surface area contributed by atoms with Crippen LogP contribution in [0.5, 0.6) is 0 Å². The van der Waals surface area contributed by atoms with Crippen molar-refractivity contribution in [2.24, 2.45) is 13.0 Å². The summed E-state index contributed by atoms with van der Waals surface area (Å²) >= 11 is 0. The molecule has 0 spiro atoms. The molecule has 2 atom stereocenters. The number of hydrogen-bond donors (Lipinski definition) is 2. The molecule has 4 rings (SSSR count). The van der Waals surface area contributed by atoms with Crippen LogP contribution in [0, 0.1) is 24.5 Å². The summed E-state index contributed by atoms with van der Waals surface area (Å²) < 4.78 is 82.0. The van der Waals surface area contributed by atoms with Crippen molar-refractivity contribution >= 4 is 22.6 Å². The highest BCUT2D eigenvalue weighted by molar-refractivity contribution is 5.85. The van der Waals surface area contributed by atoms with Crippen LogP contribution in [0.25, 0.3) is 16.6 Å². The Labute approximate surface area is 316 Å². The number of rotatable bonds is 12. The smallest absolute Gasteiger partial charge is 0.417 e. The van der Waals surface area contributed by atoms with Crippen LogP contribution in [0.1, 0.15) is 107 Å². The number of alkyl halides is 4. The molecular weight excluding hydrogens is 706 g/mol. The average Bonchev–Trinajstić information content (AvgIpc) is 3.12. The molecule has 2 unspecified atom stereocenters. The van der Waals surface area contributed by atoms with Gasteiger partial charge in [-0.2, -0.15) is 13.2 Å². The highest BCUT2D eigenvalue weighted by Crippen LogP contribution is 2.37. The molecule has 0 aliphatic heterocycles. The highest BCUT2D eigenvalue weighted by atomic mass is 19.4. The SMILES string of the molecule is C=C(NCC(=O)O)c1c(F)cccc1F.CCC(C)CC(F)CC.CCCC.CCc1ccc2c(c1)c(C(F)(F)F)c(Cc1cccc(C)c1)c(=O)n2C. The fraction of sp³-hybridized carbons (Fsp3) is 0.442. The molecule has 11 heteroatoms. The van der Waals surface area contributed by atoms with Crippen LogP contribution >= 0.6 is 0 Å². The van der Waals surface area contributed by atoms with Gasteiger partial charge in [0.2, 0.25) is 0 Å². The molecule has 298 valence electrons.